The molecular weight excluding hydrogens is 260 g/mol. The van der Waals surface area contributed by atoms with E-state index in [2.05, 4.69) is 5.16 Å². The Balaban J connectivity index is 2.94. The van der Waals surface area contributed by atoms with Crippen LogP contribution >= 0.6 is 0 Å². The van der Waals surface area contributed by atoms with Crippen LogP contribution in [0.2, 0.25) is 0 Å². The topological polar surface area (TPSA) is 105 Å². The molecule has 1 aromatic carbocycles. The van der Waals surface area contributed by atoms with Gasteiger partial charge in [-0.2, -0.15) is 0 Å². The second-order valence-corrected chi connectivity index (χ2v) is 5.56. The van der Waals surface area contributed by atoms with Crippen molar-refractivity contribution in [1.82, 2.24) is 0 Å². The molecule has 0 fully saturated rings. The number of ether oxygens (including phenoxy) is 1. The van der Waals surface area contributed by atoms with Crippen LogP contribution in [-0.2, 0) is 16.1 Å². The monoisotopic (exact) mass is 280 g/mol. The molecule has 110 valence electrons. The molecule has 0 amide bonds. The third-order valence-corrected chi connectivity index (χ3v) is 2.83. The van der Waals surface area contributed by atoms with E-state index in [4.69, 9.17) is 15.7 Å². The fourth-order valence-electron chi connectivity index (χ4n) is 1.84. The minimum absolute atomic E-state index is 0.0701. The lowest BCUT2D eigenvalue weighted by Crippen LogP contribution is -2.36. The molecule has 0 spiro atoms. The number of rotatable bonds is 5. The van der Waals surface area contributed by atoms with Crippen molar-refractivity contribution in [3.8, 4) is 0 Å². The summed E-state index contributed by atoms with van der Waals surface area (Å²) in [6, 6.07) is 5.14. The van der Waals surface area contributed by atoms with Crippen LogP contribution in [0.1, 0.15) is 31.9 Å². The fourth-order valence-corrected chi connectivity index (χ4v) is 1.84. The number of nitrogens with zero attached hydrogens (tertiary/aromatic N) is 1. The van der Waals surface area contributed by atoms with Gasteiger partial charge in [-0.05, 0) is 17.0 Å². The first kappa shape index (κ1) is 16.0. The average molecular weight is 280 g/mol. The Labute approximate surface area is 117 Å². The SMILES string of the molecule is CC(C)(C)C(OCc1cccc(N)c1/C=N\O)C(=O)O. The van der Waals surface area contributed by atoms with E-state index in [-0.39, 0.29) is 6.61 Å². The molecule has 0 radical (unpaired) electrons. The second-order valence-electron chi connectivity index (χ2n) is 5.56. The number of carbonyl (C=O) groups is 1. The number of hydrogen-bond donors (Lipinski definition) is 3. The summed E-state index contributed by atoms with van der Waals surface area (Å²) in [5.74, 6) is -1.02. The van der Waals surface area contributed by atoms with Crippen LogP contribution in [0.25, 0.3) is 0 Å². The number of anilines is 1. The van der Waals surface area contributed by atoms with Gasteiger partial charge in [0.25, 0.3) is 0 Å². The summed E-state index contributed by atoms with van der Waals surface area (Å²) in [7, 11) is 0. The van der Waals surface area contributed by atoms with E-state index in [1.54, 1.807) is 39.0 Å². The quantitative estimate of drug-likeness (QED) is 0.331. The van der Waals surface area contributed by atoms with Crippen LogP contribution in [0.3, 0.4) is 0 Å². The molecule has 1 aromatic rings. The predicted molar refractivity (Wildman–Crippen MR) is 75.9 cm³/mol. The summed E-state index contributed by atoms with van der Waals surface area (Å²) < 4.78 is 5.50. The van der Waals surface area contributed by atoms with E-state index in [9.17, 15) is 9.90 Å². The van der Waals surface area contributed by atoms with E-state index in [0.717, 1.165) is 0 Å². The normalized spacial score (nSPS) is 13.6. The van der Waals surface area contributed by atoms with Crippen LogP contribution in [-0.4, -0.2) is 28.6 Å². The average Bonchev–Trinajstić information content (AvgIpc) is 2.31. The fraction of sp³-hybridized carbons (Fsp3) is 0.429. The van der Waals surface area contributed by atoms with Crippen molar-refractivity contribution in [2.45, 2.75) is 33.5 Å². The zero-order valence-electron chi connectivity index (χ0n) is 11.8. The van der Waals surface area contributed by atoms with Crippen molar-refractivity contribution < 1.29 is 19.8 Å². The van der Waals surface area contributed by atoms with Gasteiger partial charge in [0, 0.05) is 11.3 Å². The molecule has 6 heteroatoms. The Hall–Kier alpha value is -2.08. The van der Waals surface area contributed by atoms with Crippen molar-refractivity contribution in [1.29, 1.82) is 0 Å². The van der Waals surface area contributed by atoms with E-state index in [1.165, 1.54) is 6.21 Å². The molecule has 0 aliphatic carbocycles. The van der Waals surface area contributed by atoms with Crippen molar-refractivity contribution in [3.05, 3.63) is 29.3 Å². The number of oxime groups is 1. The van der Waals surface area contributed by atoms with Gasteiger partial charge in [-0.25, -0.2) is 4.79 Å². The molecule has 0 saturated heterocycles. The van der Waals surface area contributed by atoms with E-state index < -0.39 is 17.5 Å². The first-order chi connectivity index (χ1) is 9.27. The van der Waals surface area contributed by atoms with Gasteiger partial charge < -0.3 is 20.8 Å². The van der Waals surface area contributed by atoms with Crippen LogP contribution in [0, 0.1) is 5.41 Å². The number of carboxylic acids is 1. The van der Waals surface area contributed by atoms with Gasteiger partial charge in [0.05, 0.1) is 12.8 Å². The maximum absolute atomic E-state index is 11.2. The molecule has 4 N–H and O–H groups in total. The Morgan fingerprint density at radius 3 is 2.65 bits per heavy atom. The molecule has 0 aliphatic rings. The molecule has 0 aliphatic heterocycles. The van der Waals surface area contributed by atoms with Gasteiger partial charge in [-0.3, -0.25) is 0 Å². The lowest BCUT2D eigenvalue weighted by molar-refractivity contribution is -0.159. The number of benzene rings is 1. The first-order valence-corrected chi connectivity index (χ1v) is 6.16. The number of nitrogen functional groups attached to an aromatic ring is 1. The molecule has 20 heavy (non-hydrogen) atoms. The molecule has 6 nitrogen and oxygen atoms in total. The van der Waals surface area contributed by atoms with Crippen LogP contribution < -0.4 is 5.73 Å². The van der Waals surface area contributed by atoms with Crippen molar-refractivity contribution >= 4 is 17.9 Å². The highest BCUT2D eigenvalue weighted by molar-refractivity contribution is 5.88. The molecular formula is C14H20N2O4. The zero-order valence-corrected chi connectivity index (χ0v) is 11.8. The lowest BCUT2D eigenvalue weighted by atomic mass is 9.89. The first-order valence-electron chi connectivity index (χ1n) is 6.16. The lowest BCUT2D eigenvalue weighted by Gasteiger charge is -2.27. The van der Waals surface area contributed by atoms with Crippen LogP contribution in [0.15, 0.2) is 23.4 Å². The van der Waals surface area contributed by atoms with E-state index in [0.29, 0.717) is 16.8 Å². The maximum atomic E-state index is 11.2. The third-order valence-electron chi connectivity index (χ3n) is 2.83. The minimum Gasteiger partial charge on any atom is -0.479 e. The summed E-state index contributed by atoms with van der Waals surface area (Å²) in [5.41, 5.74) is 6.88. The number of carboxylic acid groups (broad SMARTS) is 1. The Morgan fingerprint density at radius 2 is 2.15 bits per heavy atom. The van der Waals surface area contributed by atoms with E-state index in [1.807, 2.05) is 0 Å². The van der Waals surface area contributed by atoms with Gasteiger partial charge in [-0.1, -0.05) is 38.1 Å². The molecule has 0 heterocycles. The third kappa shape index (κ3) is 3.96. The highest BCUT2D eigenvalue weighted by Crippen LogP contribution is 2.25. The Bertz CT molecular complexity index is 506. The van der Waals surface area contributed by atoms with Gasteiger partial charge in [0.1, 0.15) is 0 Å². The molecule has 0 aromatic heterocycles. The summed E-state index contributed by atoms with van der Waals surface area (Å²) in [6.07, 6.45) is 0.267. The summed E-state index contributed by atoms with van der Waals surface area (Å²) in [5, 5.41) is 20.8. The largest absolute Gasteiger partial charge is 0.479 e. The van der Waals surface area contributed by atoms with E-state index >= 15 is 0 Å². The van der Waals surface area contributed by atoms with Crippen molar-refractivity contribution in [3.63, 3.8) is 0 Å². The minimum atomic E-state index is -1.02. The summed E-state index contributed by atoms with van der Waals surface area (Å²) in [6.45, 7) is 5.45. The van der Waals surface area contributed by atoms with Crippen LogP contribution in [0.5, 0.6) is 0 Å². The smallest absolute Gasteiger partial charge is 0.333 e. The molecule has 1 atom stereocenters. The van der Waals surface area contributed by atoms with Gasteiger partial charge in [0.15, 0.2) is 6.10 Å². The Kier molecular flexibility index (Phi) is 5.10. The number of nitrogens with two attached hydrogens (primary N) is 1. The van der Waals surface area contributed by atoms with Crippen LogP contribution in [0.4, 0.5) is 5.69 Å². The maximum Gasteiger partial charge on any atom is 0.333 e. The summed E-state index contributed by atoms with van der Waals surface area (Å²) >= 11 is 0. The van der Waals surface area contributed by atoms with Gasteiger partial charge in [-0.15, -0.1) is 0 Å². The van der Waals surface area contributed by atoms with Gasteiger partial charge in [0.2, 0.25) is 0 Å². The van der Waals surface area contributed by atoms with Crippen molar-refractivity contribution in [2.75, 3.05) is 5.73 Å². The number of hydrogen-bond acceptors (Lipinski definition) is 5. The highest BCUT2D eigenvalue weighted by Gasteiger charge is 2.32. The Morgan fingerprint density at radius 1 is 1.50 bits per heavy atom. The number of aliphatic carboxylic acids is 1. The zero-order chi connectivity index (χ0) is 15.3. The highest BCUT2D eigenvalue weighted by atomic mass is 16.5. The molecule has 0 bridgehead atoms. The molecule has 1 unspecified atom stereocenters. The van der Waals surface area contributed by atoms with Gasteiger partial charge >= 0.3 is 5.97 Å². The van der Waals surface area contributed by atoms with Crippen molar-refractivity contribution in [2.24, 2.45) is 10.6 Å². The standard InChI is InChI=1S/C14H20N2O4/c1-14(2,3)12(13(17)18)20-8-9-5-4-6-11(15)10(9)7-16-19/h4-7,12,19H,8,15H2,1-3H3,(H,17,18)/b16-7-. The predicted octanol–water partition coefficient (Wildman–Crippen LogP) is 2.09. The molecule has 1 rings (SSSR count). The summed E-state index contributed by atoms with van der Waals surface area (Å²) in [4.78, 5) is 11.2. The molecule has 0 saturated carbocycles. The second kappa shape index (κ2) is 6.38.